The first-order valence-electron chi connectivity index (χ1n) is 14.2. The highest BCUT2D eigenvalue weighted by molar-refractivity contribution is 8.77. The molecule has 2 bridgehead atoms. The largest absolute Gasteiger partial charge is 0.508 e. The van der Waals surface area contributed by atoms with E-state index in [1.54, 1.807) is 38.1 Å². The lowest BCUT2D eigenvalue weighted by Gasteiger charge is -2.35. The molecule has 2 aromatic rings. The van der Waals surface area contributed by atoms with Crippen molar-refractivity contribution in [3.05, 3.63) is 65.7 Å². The molecule has 0 aromatic heterocycles. The van der Waals surface area contributed by atoms with Gasteiger partial charge in [0, 0.05) is 23.0 Å². The van der Waals surface area contributed by atoms with Crippen molar-refractivity contribution in [3.8, 4) is 5.75 Å². The van der Waals surface area contributed by atoms with Crippen LogP contribution in [0.4, 0.5) is 0 Å². The Labute approximate surface area is 263 Å². The zero-order valence-electron chi connectivity index (χ0n) is 24.4. The lowest BCUT2D eigenvalue weighted by molar-refractivity contribution is -0.149. The second kappa shape index (κ2) is 14.4. The van der Waals surface area contributed by atoms with Crippen LogP contribution < -0.4 is 21.7 Å². The van der Waals surface area contributed by atoms with E-state index < -0.39 is 70.3 Å². The molecule has 2 heterocycles. The average molecular weight is 644 g/mol. The third kappa shape index (κ3) is 8.24. The Kier molecular flexibility index (Phi) is 10.8. The number of phenolic OH excluding ortho intramolecular Hbond substituents is 1. The predicted molar refractivity (Wildman–Crippen MR) is 168 cm³/mol. The van der Waals surface area contributed by atoms with Gasteiger partial charge in [-0.25, -0.2) is 4.79 Å². The molecule has 12 nitrogen and oxygen atoms in total. The van der Waals surface area contributed by atoms with Gasteiger partial charge in [0.05, 0.1) is 12.6 Å². The summed E-state index contributed by atoms with van der Waals surface area (Å²) in [7, 11) is 2.49. The number of nitrogens with two attached hydrogens (primary N) is 1. The quantitative estimate of drug-likeness (QED) is 0.236. The highest BCUT2D eigenvalue weighted by Crippen LogP contribution is 2.45. The van der Waals surface area contributed by atoms with Gasteiger partial charge >= 0.3 is 5.97 Å². The minimum Gasteiger partial charge on any atom is -0.508 e. The lowest BCUT2D eigenvalue weighted by atomic mass is 10.00. The van der Waals surface area contributed by atoms with Crippen LogP contribution in [0.1, 0.15) is 31.4 Å². The van der Waals surface area contributed by atoms with Crippen molar-refractivity contribution in [1.82, 2.24) is 20.9 Å². The van der Waals surface area contributed by atoms with Crippen molar-refractivity contribution in [2.45, 2.75) is 67.3 Å². The minimum absolute atomic E-state index is 0.0785. The number of aromatic hydroxyl groups is 1. The lowest BCUT2D eigenvalue weighted by Crippen LogP contribution is -2.60. The molecule has 5 atom stereocenters. The van der Waals surface area contributed by atoms with Crippen molar-refractivity contribution in [3.63, 3.8) is 0 Å². The maximum atomic E-state index is 13.7. The number of carbonyl (C=O) groups is 5. The van der Waals surface area contributed by atoms with Gasteiger partial charge in [0.25, 0.3) is 0 Å². The number of carboxylic acid groups (broad SMARTS) is 1. The highest BCUT2D eigenvalue weighted by Gasteiger charge is 2.47. The van der Waals surface area contributed by atoms with Gasteiger partial charge in [-0.15, -0.1) is 0 Å². The zero-order valence-corrected chi connectivity index (χ0v) is 26.0. The topological polar surface area (TPSA) is 191 Å². The molecule has 4 amide bonds. The molecule has 236 valence electrons. The molecular weight excluding hydrogens is 606 g/mol. The number of amides is 4. The summed E-state index contributed by atoms with van der Waals surface area (Å²) in [6.07, 6.45) is 0.683. The van der Waals surface area contributed by atoms with Gasteiger partial charge in [0.1, 0.15) is 23.9 Å². The number of rotatable bonds is 7. The summed E-state index contributed by atoms with van der Waals surface area (Å²) in [5, 5.41) is 27.2. The first-order valence-corrected chi connectivity index (χ1v) is 16.4. The second-order valence-electron chi connectivity index (χ2n) is 11.4. The summed E-state index contributed by atoms with van der Waals surface area (Å²) in [6.45, 7) is 3.19. The maximum absolute atomic E-state index is 13.7. The molecule has 44 heavy (non-hydrogen) atoms. The van der Waals surface area contributed by atoms with Crippen molar-refractivity contribution >= 4 is 51.2 Å². The van der Waals surface area contributed by atoms with E-state index >= 15 is 0 Å². The zero-order chi connectivity index (χ0) is 32.0. The fourth-order valence-electron chi connectivity index (χ4n) is 5.19. The standard InChI is InChI=1S/C30H37N5O7S2/c1-30(2)25(34-26(38)20(31)14-18-8-10-19(36)11-9-18)27(39)32-16-23(37)33-21(15-17-6-4-3-5-7-17)28(40)35-13-12-22(43-44-30)24(35)29(41)42/h3-11,20-22,24-25,36H,12-16,31H2,1-2H3,(H,32,39)(H,33,37)(H,34,38)(H,41,42)/t20-,21-,22-,24-,25-/m0/s1. The molecule has 14 heteroatoms. The molecule has 4 rings (SSSR count). The number of nitrogens with zero attached hydrogens (tertiary/aromatic N) is 1. The number of carbonyl (C=O) groups excluding carboxylic acids is 4. The van der Waals surface area contributed by atoms with Crippen LogP contribution in [0.25, 0.3) is 0 Å². The Bertz CT molecular complexity index is 1380. The number of carboxylic acids is 1. The van der Waals surface area contributed by atoms with Crippen LogP contribution in [0.15, 0.2) is 54.6 Å². The van der Waals surface area contributed by atoms with E-state index in [0.29, 0.717) is 12.0 Å². The Morgan fingerprint density at radius 2 is 1.77 bits per heavy atom. The maximum Gasteiger partial charge on any atom is 0.327 e. The van der Waals surface area contributed by atoms with Gasteiger partial charge in [-0.3, -0.25) is 19.2 Å². The van der Waals surface area contributed by atoms with Crippen LogP contribution in [-0.4, -0.2) is 92.0 Å². The smallest absolute Gasteiger partial charge is 0.327 e. The summed E-state index contributed by atoms with van der Waals surface area (Å²) in [5.74, 6) is -3.44. The van der Waals surface area contributed by atoms with E-state index in [0.717, 1.165) is 5.56 Å². The van der Waals surface area contributed by atoms with Crippen LogP contribution >= 0.6 is 21.6 Å². The second-order valence-corrected chi connectivity index (χ2v) is 14.5. The third-order valence-corrected chi connectivity index (χ3v) is 11.4. The number of hydrogen-bond acceptors (Lipinski definition) is 9. The van der Waals surface area contributed by atoms with Gasteiger partial charge in [-0.2, -0.15) is 0 Å². The van der Waals surface area contributed by atoms with Crippen LogP contribution in [0, 0.1) is 0 Å². The Morgan fingerprint density at radius 3 is 2.43 bits per heavy atom. The van der Waals surface area contributed by atoms with Gasteiger partial charge in [-0.05, 0) is 49.9 Å². The summed E-state index contributed by atoms with van der Waals surface area (Å²) < 4.78 is -0.987. The molecule has 2 fully saturated rings. The first kappa shape index (κ1) is 33.1. The molecule has 0 spiro atoms. The molecule has 0 radical (unpaired) electrons. The average Bonchev–Trinajstić information content (AvgIpc) is 3.42. The van der Waals surface area contributed by atoms with E-state index in [1.165, 1.54) is 38.6 Å². The number of fused-ring (bicyclic) bond motifs is 2. The van der Waals surface area contributed by atoms with Crippen molar-refractivity contribution in [1.29, 1.82) is 0 Å². The summed E-state index contributed by atoms with van der Waals surface area (Å²) >= 11 is 0. The number of benzene rings is 2. The van der Waals surface area contributed by atoms with Gasteiger partial charge < -0.3 is 36.8 Å². The van der Waals surface area contributed by atoms with Crippen LogP contribution in [0.5, 0.6) is 5.75 Å². The normalized spacial score (nSPS) is 24.9. The first-order chi connectivity index (χ1) is 20.9. The van der Waals surface area contributed by atoms with Crippen LogP contribution in [0.3, 0.4) is 0 Å². The van der Waals surface area contributed by atoms with E-state index in [1.807, 2.05) is 18.2 Å². The summed E-state index contributed by atoms with van der Waals surface area (Å²) in [6, 6.07) is 11.0. The van der Waals surface area contributed by atoms with E-state index in [9.17, 15) is 34.2 Å². The van der Waals surface area contributed by atoms with Crippen LogP contribution in [-0.2, 0) is 36.8 Å². The third-order valence-electron chi connectivity index (χ3n) is 7.58. The van der Waals surface area contributed by atoms with Crippen molar-refractivity contribution in [2.24, 2.45) is 5.73 Å². The Morgan fingerprint density at radius 1 is 1.09 bits per heavy atom. The monoisotopic (exact) mass is 643 g/mol. The van der Waals surface area contributed by atoms with Crippen LogP contribution in [0.2, 0.25) is 0 Å². The van der Waals surface area contributed by atoms with E-state index in [4.69, 9.17) is 5.73 Å². The number of aliphatic carboxylic acids is 1. The molecule has 2 aliphatic rings. The van der Waals surface area contributed by atoms with E-state index in [-0.39, 0.29) is 25.1 Å². The molecular formula is C30H37N5O7S2. The summed E-state index contributed by atoms with van der Waals surface area (Å²) in [4.78, 5) is 67.2. The summed E-state index contributed by atoms with van der Waals surface area (Å²) in [5.41, 5.74) is 7.67. The Balaban J connectivity index is 1.58. The highest BCUT2D eigenvalue weighted by atomic mass is 33.1. The molecule has 0 unspecified atom stereocenters. The van der Waals surface area contributed by atoms with Crippen molar-refractivity contribution < 1.29 is 34.2 Å². The van der Waals surface area contributed by atoms with Gasteiger partial charge in [0.15, 0.2) is 0 Å². The van der Waals surface area contributed by atoms with Gasteiger partial charge in [0.2, 0.25) is 23.6 Å². The predicted octanol–water partition coefficient (Wildman–Crippen LogP) is 0.818. The number of hydrogen-bond donors (Lipinski definition) is 6. The molecule has 2 aromatic carbocycles. The molecule has 7 N–H and O–H groups in total. The molecule has 0 saturated carbocycles. The number of phenols is 1. The van der Waals surface area contributed by atoms with Crippen molar-refractivity contribution in [2.75, 3.05) is 13.1 Å². The van der Waals surface area contributed by atoms with E-state index in [2.05, 4.69) is 16.0 Å². The molecule has 2 aliphatic heterocycles. The van der Waals surface area contributed by atoms with Gasteiger partial charge in [-0.1, -0.05) is 64.1 Å². The molecule has 0 aliphatic carbocycles. The Hall–Kier alpha value is -3.75. The SMILES string of the molecule is CC1(C)SS[C@H]2CCN(C(=O)[C@H](Cc3ccccc3)NC(=O)CNC(=O)[C@@H]1NC(=O)[C@@H](N)Cc1ccc(O)cc1)[C@@H]2C(=O)O. The fraction of sp³-hybridized carbons (Fsp3) is 0.433. The number of nitrogens with one attached hydrogen (secondary N) is 3. The molecule has 2 saturated heterocycles. The minimum atomic E-state index is -1.16. The fourth-order valence-corrected chi connectivity index (χ4v) is 8.40.